The second kappa shape index (κ2) is 4.22. The summed E-state index contributed by atoms with van der Waals surface area (Å²) in [7, 11) is 0. The molecule has 1 rings (SSSR count). The van der Waals surface area contributed by atoms with E-state index in [1.165, 1.54) is 0 Å². The van der Waals surface area contributed by atoms with Gasteiger partial charge in [0.1, 0.15) is 5.82 Å². The molecule has 1 atom stereocenters. The zero-order valence-electron chi connectivity index (χ0n) is 7.58. The highest BCUT2D eigenvalue weighted by Gasteiger charge is 2.23. The van der Waals surface area contributed by atoms with Gasteiger partial charge in [-0.05, 0) is 6.07 Å². The summed E-state index contributed by atoms with van der Waals surface area (Å²) in [5.74, 6) is -5.61. The van der Waals surface area contributed by atoms with Crippen LogP contribution in [0.25, 0.3) is 0 Å². The first-order chi connectivity index (χ1) is 6.97. The molecule has 4 N–H and O–H groups in total. The summed E-state index contributed by atoms with van der Waals surface area (Å²) < 4.78 is 25.8. The molecule has 0 aliphatic carbocycles. The van der Waals surface area contributed by atoms with E-state index >= 15 is 0 Å². The molecule has 0 radical (unpaired) electrons. The molecule has 0 heterocycles. The molecule has 0 aliphatic rings. The summed E-state index contributed by atoms with van der Waals surface area (Å²) in [4.78, 5) is 10.7. The van der Waals surface area contributed by atoms with Crippen LogP contribution in [0.15, 0.2) is 12.1 Å². The van der Waals surface area contributed by atoms with E-state index in [0.717, 1.165) is 6.07 Å². The van der Waals surface area contributed by atoms with Gasteiger partial charge in [-0.2, -0.15) is 0 Å². The van der Waals surface area contributed by atoms with Crippen molar-refractivity contribution in [2.24, 2.45) is 5.73 Å². The average molecular weight is 217 g/mol. The number of nitrogens with two attached hydrogens (primary N) is 1. The molecule has 4 nitrogen and oxygen atoms in total. The van der Waals surface area contributed by atoms with Crippen molar-refractivity contribution in [1.29, 1.82) is 0 Å². The molecule has 0 saturated carbocycles. The van der Waals surface area contributed by atoms with Gasteiger partial charge in [0.05, 0.1) is 5.92 Å². The fourth-order valence-electron chi connectivity index (χ4n) is 1.18. The van der Waals surface area contributed by atoms with Gasteiger partial charge in [0, 0.05) is 18.2 Å². The molecule has 0 bridgehead atoms. The van der Waals surface area contributed by atoms with Crippen LogP contribution in [0, 0.1) is 11.6 Å². The quantitative estimate of drug-likeness (QED) is 0.699. The topological polar surface area (TPSA) is 83.6 Å². The number of phenolic OH excluding ortho intramolecular Hbond substituents is 1. The summed E-state index contributed by atoms with van der Waals surface area (Å²) in [6.07, 6.45) is 0. The van der Waals surface area contributed by atoms with Gasteiger partial charge >= 0.3 is 5.97 Å². The Morgan fingerprint density at radius 3 is 2.47 bits per heavy atom. The van der Waals surface area contributed by atoms with E-state index in [4.69, 9.17) is 15.9 Å². The van der Waals surface area contributed by atoms with Crippen LogP contribution in [0.5, 0.6) is 5.75 Å². The maximum Gasteiger partial charge on any atom is 0.312 e. The Morgan fingerprint density at radius 2 is 2.00 bits per heavy atom. The van der Waals surface area contributed by atoms with Crippen molar-refractivity contribution in [3.8, 4) is 5.75 Å². The molecule has 15 heavy (non-hydrogen) atoms. The molecule has 1 unspecified atom stereocenters. The van der Waals surface area contributed by atoms with Crippen molar-refractivity contribution in [2.45, 2.75) is 5.92 Å². The molecule has 82 valence electrons. The van der Waals surface area contributed by atoms with Crippen molar-refractivity contribution in [2.75, 3.05) is 6.54 Å². The van der Waals surface area contributed by atoms with Gasteiger partial charge in [0.15, 0.2) is 11.6 Å². The monoisotopic (exact) mass is 217 g/mol. The summed E-state index contributed by atoms with van der Waals surface area (Å²) in [5, 5.41) is 17.7. The Bertz CT molecular complexity index is 395. The average Bonchev–Trinajstić information content (AvgIpc) is 2.14. The van der Waals surface area contributed by atoms with Crippen LogP contribution in [0.2, 0.25) is 0 Å². The SMILES string of the molecule is NCC(C(=O)O)c1cc(O)c(F)cc1F. The predicted molar refractivity (Wildman–Crippen MR) is 47.5 cm³/mol. The second-order valence-corrected chi connectivity index (χ2v) is 2.95. The minimum atomic E-state index is -1.33. The first-order valence-electron chi connectivity index (χ1n) is 4.08. The van der Waals surface area contributed by atoms with Crippen molar-refractivity contribution >= 4 is 5.97 Å². The van der Waals surface area contributed by atoms with Gasteiger partial charge < -0.3 is 15.9 Å². The molecule has 0 aromatic heterocycles. The minimum Gasteiger partial charge on any atom is -0.505 e. The third-order valence-corrected chi connectivity index (χ3v) is 1.98. The lowest BCUT2D eigenvalue weighted by Crippen LogP contribution is -2.22. The molecule has 1 aromatic carbocycles. The van der Waals surface area contributed by atoms with Gasteiger partial charge in [-0.15, -0.1) is 0 Å². The van der Waals surface area contributed by atoms with E-state index in [0.29, 0.717) is 6.07 Å². The molecule has 0 spiro atoms. The van der Waals surface area contributed by atoms with Gasteiger partial charge in [0.25, 0.3) is 0 Å². The van der Waals surface area contributed by atoms with Gasteiger partial charge in [-0.1, -0.05) is 0 Å². The van der Waals surface area contributed by atoms with E-state index in [2.05, 4.69) is 0 Å². The predicted octanol–water partition coefficient (Wildman–Crippen LogP) is 0.797. The number of carboxylic acids is 1. The highest BCUT2D eigenvalue weighted by Crippen LogP contribution is 2.25. The maximum absolute atomic E-state index is 13.2. The number of carbonyl (C=O) groups is 1. The maximum atomic E-state index is 13.2. The third-order valence-electron chi connectivity index (χ3n) is 1.98. The van der Waals surface area contributed by atoms with Crippen molar-refractivity contribution < 1.29 is 23.8 Å². The molecular formula is C9H9F2NO3. The zero-order chi connectivity index (χ0) is 11.6. The first kappa shape index (κ1) is 11.4. The smallest absolute Gasteiger partial charge is 0.312 e. The third kappa shape index (κ3) is 2.21. The summed E-state index contributed by atoms with van der Waals surface area (Å²) in [6.45, 7) is -0.336. The highest BCUT2D eigenvalue weighted by atomic mass is 19.1. The van der Waals surface area contributed by atoms with Gasteiger partial charge in [-0.3, -0.25) is 4.79 Å². The van der Waals surface area contributed by atoms with E-state index in [1.807, 2.05) is 0 Å². The van der Waals surface area contributed by atoms with E-state index in [-0.39, 0.29) is 12.1 Å². The number of halogens is 2. The highest BCUT2D eigenvalue weighted by molar-refractivity contribution is 5.76. The van der Waals surface area contributed by atoms with Crippen LogP contribution in [0.3, 0.4) is 0 Å². The number of rotatable bonds is 3. The molecule has 0 amide bonds. The Kier molecular flexibility index (Phi) is 3.21. The zero-order valence-corrected chi connectivity index (χ0v) is 7.58. The first-order valence-corrected chi connectivity index (χ1v) is 4.08. The number of carboxylic acid groups (broad SMARTS) is 1. The van der Waals surface area contributed by atoms with Crippen LogP contribution in [-0.2, 0) is 4.79 Å². The molecule has 1 aromatic rings. The van der Waals surface area contributed by atoms with Crippen molar-refractivity contribution in [1.82, 2.24) is 0 Å². The molecule has 0 aliphatic heterocycles. The lowest BCUT2D eigenvalue weighted by molar-refractivity contribution is -0.138. The summed E-state index contributed by atoms with van der Waals surface area (Å²) in [6, 6.07) is 1.16. The fraction of sp³-hybridized carbons (Fsp3) is 0.222. The van der Waals surface area contributed by atoms with Crippen LogP contribution in [0.4, 0.5) is 8.78 Å². The van der Waals surface area contributed by atoms with Crippen molar-refractivity contribution in [3.05, 3.63) is 29.3 Å². The standard InChI is InChI=1S/C9H9F2NO3/c10-6-2-7(11)8(13)1-4(6)5(3-12)9(14)15/h1-2,5,13H,3,12H2,(H,14,15). The lowest BCUT2D eigenvalue weighted by Gasteiger charge is -2.11. The normalized spacial score (nSPS) is 12.5. The van der Waals surface area contributed by atoms with E-state index < -0.39 is 29.3 Å². The summed E-state index contributed by atoms with van der Waals surface area (Å²) in [5.41, 5.74) is 4.81. The van der Waals surface area contributed by atoms with E-state index in [9.17, 15) is 13.6 Å². The van der Waals surface area contributed by atoms with Crippen LogP contribution in [-0.4, -0.2) is 22.7 Å². The summed E-state index contributed by atoms with van der Waals surface area (Å²) >= 11 is 0. The fourth-order valence-corrected chi connectivity index (χ4v) is 1.18. The second-order valence-electron chi connectivity index (χ2n) is 2.95. The molecular weight excluding hydrogens is 208 g/mol. The number of phenols is 1. The van der Waals surface area contributed by atoms with E-state index in [1.54, 1.807) is 0 Å². The van der Waals surface area contributed by atoms with Crippen LogP contribution >= 0.6 is 0 Å². The number of benzene rings is 1. The number of aliphatic carboxylic acids is 1. The number of hydrogen-bond acceptors (Lipinski definition) is 3. The minimum absolute atomic E-state index is 0.330. The largest absolute Gasteiger partial charge is 0.505 e. The Labute approximate surface area is 83.9 Å². The van der Waals surface area contributed by atoms with Gasteiger partial charge in [-0.25, -0.2) is 8.78 Å². The Balaban J connectivity index is 3.24. The lowest BCUT2D eigenvalue weighted by atomic mass is 9.98. The van der Waals surface area contributed by atoms with Gasteiger partial charge in [0.2, 0.25) is 0 Å². The molecule has 0 saturated heterocycles. The van der Waals surface area contributed by atoms with Crippen LogP contribution < -0.4 is 5.73 Å². The molecule has 0 fully saturated rings. The number of aromatic hydroxyl groups is 1. The molecule has 6 heteroatoms. The van der Waals surface area contributed by atoms with Crippen LogP contribution in [0.1, 0.15) is 11.5 Å². The number of hydrogen-bond donors (Lipinski definition) is 3. The Morgan fingerprint density at radius 1 is 1.40 bits per heavy atom. The Hall–Kier alpha value is -1.69. The van der Waals surface area contributed by atoms with Crippen molar-refractivity contribution in [3.63, 3.8) is 0 Å².